The molecular formula is C24H23N2+. The lowest BCUT2D eigenvalue weighted by molar-refractivity contribution is -0.659. The molecule has 0 fully saturated rings. The molecule has 0 saturated carbocycles. The van der Waals surface area contributed by atoms with Gasteiger partial charge in [0.25, 0.3) is 0 Å². The van der Waals surface area contributed by atoms with Crippen LogP contribution in [0.5, 0.6) is 0 Å². The van der Waals surface area contributed by atoms with E-state index in [0.29, 0.717) is 0 Å². The van der Waals surface area contributed by atoms with E-state index in [-0.39, 0.29) is 0 Å². The van der Waals surface area contributed by atoms with Crippen molar-refractivity contribution in [1.29, 1.82) is 0 Å². The van der Waals surface area contributed by atoms with E-state index in [0.717, 1.165) is 0 Å². The van der Waals surface area contributed by atoms with Crippen LogP contribution in [0.3, 0.4) is 0 Å². The summed E-state index contributed by atoms with van der Waals surface area (Å²) in [5, 5.41) is 2.51. The zero-order valence-electron chi connectivity index (χ0n) is 15.7. The van der Waals surface area contributed by atoms with Crippen LogP contribution in [0.4, 0.5) is 0 Å². The van der Waals surface area contributed by atoms with Crippen LogP contribution in [0.15, 0.2) is 67.1 Å². The molecular weight excluding hydrogens is 316 g/mol. The van der Waals surface area contributed by atoms with Gasteiger partial charge >= 0.3 is 0 Å². The molecule has 0 amide bonds. The van der Waals surface area contributed by atoms with Crippen molar-refractivity contribution in [2.24, 2.45) is 7.05 Å². The van der Waals surface area contributed by atoms with Gasteiger partial charge in [-0.1, -0.05) is 23.8 Å². The summed E-state index contributed by atoms with van der Waals surface area (Å²) in [6.07, 6.45) is 5.94. The van der Waals surface area contributed by atoms with Crippen LogP contribution >= 0.6 is 0 Å². The highest BCUT2D eigenvalue weighted by molar-refractivity contribution is 5.97. The quantitative estimate of drug-likeness (QED) is 0.452. The van der Waals surface area contributed by atoms with E-state index >= 15 is 0 Å². The fraction of sp³-hybridized carbons (Fsp3) is 0.167. The molecule has 0 saturated heterocycles. The summed E-state index contributed by atoms with van der Waals surface area (Å²) >= 11 is 0. The van der Waals surface area contributed by atoms with E-state index in [2.05, 4.69) is 92.1 Å². The largest absolute Gasteiger partial charge is 0.265 e. The third-order valence-corrected chi connectivity index (χ3v) is 5.21. The summed E-state index contributed by atoms with van der Waals surface area (Å²) in [7, 11) is 2.13. The predicted molar refractivity (Wildman–Crippen MR) is 108 cm³/mol. The highest BCUT2D eigenvalue weighted by Gasteiger charge is 2.17. The van der Waals surface area contributed by atoms with Crippen LogP contribution in [-0.2, 0) is 7.05 Å². The summed E-state index contributed by atoms with van der Waals surface area (Å²) in [5.41, 5.74) is 8.95. The van der Waals surface area contributed by atoms with Gasteiger partial charge in [0.15, 0.2) is 6.20 Å². The number of benzene rings is 2. The average Bonchev–Trinajstić information content (AvgIpc) is 2.64. The van der Waals surface area contributed by atoms with E-state index in [1.807, 2.05) is 12.4 Å². The number of fused-ring (bicyclic) bond motifs is 1. The molecule has 2 heteroatoms. The number of rotatable bonds is 2. The molecule has 0 aliphatic heterocycles. The van der Waals surface area contributed by atoms with Gasteiger partial charge in [-0.15, -0.1) is 0 Å². The van der Waals surface area contributed by atoms with Gasteiger partial charge in [-0.2, -0.15) is 0 Å². The van der Waals surface area contributed by atoms with Crippen molar-refractivity contribution >= 4 is 10.8 Å². The zero-order valence-corrected chi connectivity index (χ0v) is 15.7. The van der Waals surface area contributed by atoms with Gasteiger partial charge < -0.3 is 0 Å². The van der Waals surface area contributed by atoms with Crippen molar-refractivity contribution < 1.29 is 4.57 Å². The Labute approximate surface area is 154 Å². The first-order chi connectivity index (χ1) is 12.5. The van der Waals surface area contributed by atoms with Crippen molar-refractivity contribution in [3.63, 3.8) is 0 Å². The Hall–Kier alpha value is -3.00. The van der Waals surface area contributed by atoms with Crippen molar-refractivity contribution in [3.05, 3.63) is 83.8 Å². The third-order valence-electron chi connectivity index (χ3n) is 5.21. The number of hydrogen-bond donors (Lipinski definition) is 0. The van der Waals surface area contributed by atoms with Gasteiger partial charge in [0, 0.05) is 34.8 Å². The van der Waals surface area contributed by atoms with Crippen LogP contribution in [0, 0.1) is 20.8 Å². The lowest BCUT2D eigenvalue weighted by Gasteiger charge is -2.12. The van der Waals surface area contributed by atoms with Crippen molar-refractivity contribution in [2.45, 2.75) is 20.8 Å². The summed E-state index contributed by atoms with van der Waals surface area (Å²) in [5.74, 6) is 0. The molecule has 128 valence electrons. The van der Waals surface area contributed by atoms with Crippen molar-refractivity contribution in [3.8, 4) is 22.4 Å². The van der Waals surface area contributed by atoms with E-state index in [9.17, 15) is 0 Å². The maximum Gasteiger partial charge on any atom is 0.213 e. The summed E-state index contributed by atoms with van der Waals surface area (Å²) < 4.78 is 2.24. The molecule has 2 heterocycles. The summed E-state index contributed by atoms with van der Waals surface area (Å²) in [4.78, 5) is 4.16. The lowest BCUT2D eigenvalue weighted by atomic mass is 9.94. The van der Waals surface area contributed by atoms with Gasteiger partial charge in [-0.3, -0.25) is 4.98 Å². The first-order valence-electron chi connectivity index (χ1n) is 8.95. The molecule has 0 unspecified atom stereocenters. The SMILES string of the molecule is Cc1cc(C)c(C)c(-c2cc3c(-c4ccncc4)cccc3c[n+]2C)c1. The predicted octanol–water partition coefficient (Wildman–Crippen LogP) is 5.32. The van der Waals surface area contributed by atoms with Gasteiger partial charge in [0.05, 0.1) is 0 Å². The second-order valence-corrected chi connectivity index (χ2v) is 7.07. The van der Waals surface area contributed by atoms with E-state index in [1.54, 1.807) is 0 Å². The molecule has 0 aliphatic carbocycles. The molecule has 0 atom stereocenters. The second kappa shape index (κ2) is 6.38. The van der Waals surface area contributed by atoms with Gasteiger partial charge in [0.2, 0.25) is 5.69 Å². The maximum atomic E-state index is 4.16. The van der Waals surface area contributed by atoms with Crippen LogP contribution < -0.4 is 4.57 Å². The first kappa shape index (κ1) is 16.5. The molecule has 4 aromatic rings. The van der Waals surface area contributed by atoms with E-state index in [1.165, 1.54) is 49.8 Å². The topological polar surface area (TPSA) is 16.8 Å². The Morgan fingerprint density at radius 2 is 1.62 bits per heavy atom. The fourth-order valence-corrected chi connectivity index (χ4v) is 3.73. The van der Waals surface area contributed by atoms with E-state index < -0.39 is 0 Å². The highest BCUT2D eigenvalue weighted by Crippen LogP contribution is 2.32. The minimum Gasteiger partial charge on any atom is -0.265 e. The Bertz CT molecular complexity index is 1110. The Morgan fingerprint density at radius 1 is 0.846 bits per heavy atom. The number of pyridine rings is 2. The van der Waals surface area contributed by atoms with Crippen LogP contribution in [0.2, 0.25) is 0 Å². The molecule has 26 heavy (non-hydrogen) atoms. The van der Waals surface area contributed by atoms with Crippen LogP contribution in [0.1, 0.15) is 16.7 Å². The molecule has 0 radical (unpaired) electrons. The minimum absolute atomic E-state index is 1.20. The molecule has 2 nitrogen and oxygen atoms in total. The molecule has 0 spiro atoms. The lowest BCUT2D eigenvalue weighted by Crippen LogP contribution is -2.30. The smallest absolute Gasteiger partial charge is 0.213 e. The minimum atomic E-state index is 1.20. The second-order valence-electron chi connectivity index (χ2n) is 7.07. The first-order valence-corrected chi connectivity index (χ1v) is 8.95. The third kappa shape index (κ3) is 2.78. The van der Waals surface area contributed by atoms with Gasteiger partial charge in [0.1, 0.15) is 7.05 Å². The van der Waals surface area contributed by atoms with Crippen molar-refractivity contribution in [1.82, 2.24) is 4.98 Å². The van der Waals surface area contributed by atoms with Gasteiger partial charge in [-0.25, -0.2) is 4.57 Å². The molecule has 0 aliphatic rings. The van der Waals surface area contributed by atoms with E-state index in [4.69, 9.17) is 0 Å². The molecule has 4 rings (SSSR count). The number of aryl methyl sites for hydroxylation is 3. The Morgan fingerprint density at radius 3 is 2.38 bits per heavy atom. The maximum absolute atomic E-state index is 4.16. The Balaban J connectivity index is 2.03. The van der Waals surface area contributed by atoms with Gasteiger partial charge in [-0.05, 0) is 67.3 Å². The van der Waals surface area contributed by atoms with Crippen LogP contribution in [0.25, 0.3) is 33.2 Å². The Kier molecular flexibility index (Phi) is 4.04. The number of aromatic nitrogens is 2. The highest BCUT2D eigenvalue weighted by atomic mass is 14.9. The fourth-order valence-electron chi connectivity index (χ4n) is 3.73. The summed E-state index contributed by atoms with van der Waals surface area (Å²) in [6, 6.07) is 17.5. The average molecular weight is 339 g/mol. The molecule has 0 bridgehead atoms. The summed E-state index contributed by atoms with van der Waals surface area (Å²) in [6.45, 7) is 6.57. The normalized spacial score (nSPS) is 11.1. The molecule has 2 aromatic carbocycles. The number of nitrogens with zero attached hydrogens (tertiary/aromatic N) is 2. The van der Waals surface area contributed by atoms with Crippen molar-refractivity contribution in [2.75, 3.05) is 0 Å². The molecule has 0 N–H and O–H groups in total. The standard InChI is InChI=1S/C24H23N2/c1-16-12-17(2)18(3)22(13-16)24-14-23-20(15-26(24)4)6-5-7-21(23)19-8-10-25-11-9-19/h5-15H,1-4H3/q+1. The van der Waals surface area contributed by atoms with Crippen LogP contribution in [-0.4, -0.2) is 4.98 Å². The monoisotopic (exact) mass is 339 g/mol. The zero-order chi connectivity index (χ0) is 18.3. The number of hydrogen-bond acceptors (Lipinski definition) is 1. The molecule has 2 aromatic heterocycles.